The molecule has 0 bridgehead atoms. The maximum Gasteiger partial charge on any atom is 0.417 e. The number of hydrogen-bond acceptors (Lipinski definition) is 3. The van der Waals surface area contributed by atoms with Gasteiger partial charge >= 0.3 is 6.18 Å². The minimum Gasteiger partial charge on any atom is -0.424 e. The van der Waals surface area contributed by atoms with Gasteiger partial charge in [-0.25, -0.2) is 4.98 Å². The molecule has 1 aromatic carbocycles. The van der Waals surface area contributed by atoms with Crippen LogP contribution in [0.2, 0.25) is 5.02 Å². The zero-order valence-electron chi connectivity index (χ0n) is 8.25. The fourth-order valence-corrected chi connectivity index (χ4v) is 1.55. The number of aromatic nitrogens is 1. The molecule has 7 heteroatoms. The largest absolute Gasteiger partial charge is 0.424 e. The summed E-state index contributed by atoms with van der Waals surface area (Å²) in [6, 6.07) is 3.19. The molecule has 2 N–H and O–H groups in total. The van der Waals surface area contributed by atoms with E-state index in [1.165, 1.54) is 12.1 Å². The Balaban J connectivity index is 2.61. The molecular weight excluding hydrogens is 257 g/mol. The maximum atomic E-state index is 12.8. The van der Waals surface area contributed by atoms with E-state index in [2.05, 4.69) is 4.98 Å². The Morgan fingerprint density at radius 1 is 1.29 bits per heavy atom. The van der Waals surface area contributed by atoms with Gasteiger partial charge in [0.2, 0.25) is 0 Å². The number of halogens is 4. The number of benzene rings is 1. The summed E-state index contributed by atoms with van der Waals surface area (Å²) in [5.41, 5.74) is 4.18. The number of hydrogen-bond donors (Lipinski definition) is 1. The van der Waals surface area contributed by atoms with E-state index in [1.54, 1.807) is 0 Å². The number of rotatable bonds is 1. The highest BCUT2D eigenvalue weighted by Crippen LogP contribution is 2.38. The zero-order chi connectivity index (χ0) is 12.6. The SMILES string of the molecule is Nc1ncc(-c2ccc(Cl)cc2C(F)(F)F)o1. The summed E-state index contributed by atoms with van der Waals surface area (Å²) in [6.45, 7) is 0. The lowest BCUT2D eigenvalue weighted by Crippen LogP contribution is -2.06. The molecule has 0 spiro atoms. The van der Waals surface area contributed by atoms with Gasteiger partial charge in [0.05, 0.1) is 11.8 Å². The normalized spacial score (nSPS) is 11.8. The van der Waals surface area contributed by atoms with Crippen LogP contribution in [0.5, 0.6) is 0 Å². The zero-order valence-corrected chi connectivity index (χ0v) is 9.01. The van der Waals surface area contributed by atoms with E-state index in [9.17, 15) is 13.2 Å². The molecule has 2 aromatic rings. The van der Waals surface area contributed by atoms with Gasteiger partial charge in [0.1, 0.15) is 0 Å². The lowest BCUT2D eigenvalue weighted by molar-refractivity contribution is -0.137. The maximum absolute atomic E-state index is 12.8. The Morgan fingerprint density at radius 2 is 2.00 bits per heavy atom. The number of nitrogens with two attached hydrogens (primary N) is 1. The van der Waals surface area contributed by atoms with E-state index >= 15 is 0 Å². The third-order valence-corrected chi connectivity index (χ3v) is 2.31. The van der Waals surface area contributed by atoms with Crippen molar-refractivity contribution in [1.29, 1.82) is 0 Å². The number of nitrogens with zero attached hydrogens (tertiary/aromatic N) is 1. The minimum atomic E-state index is -4.53. The molecule has 0 radical (unpaired) electrons. The van der Waals surface area contributed by atoms with Gasteiger partial charge in [-0.05, 0) is 18.2 Å². The topological polar surface area (TPSA) is 52.0 Å². The Bertz CT molecular complexity index is 551. The number of alkyl halides is 3. The molecule has 0 aliphatic heterocycles. The molecule has 0 unspecified atom stereocenters. The van der Waals surface area contributed by atoms with Gasteiger partial charge < -0.3 is 10.2 Å². The van der Waals surface area contributed by atoms with Gasteiger partial charge in [0.15, 0.2) is 5.76 Å². The van der Waals surface area contributed by atoms with E-state index in [-0.39, 0.29) is 22.4 Å². The highest BCUT2D eigenvalue weighted by molar-refractivity contribution is 6.30. The molecule has 0 amide bonds. The predicted octanol–water partition coefficient (Wildman–Crippen LogP) is 3.60. The molecule has 0 fully saturated rings. The van der Waals surface area contributed by atoms with Crippen LogP contribution in [0, 0.1) is 0 Å². The molecule has 1 heterocycles. The Labute approximate surface area is 99.0 Å². The third kappa shape index (κ3) is 2.36. The van der Waals surface area contributed by atoms with Gasteiger partial charge in [0.25, 0.3) is 6.01 Å². The monoisotopic (exact) mass is 262 g/mol. The Morgan fingerprint density at radius 3 is 2.53 bits per heavy atom. The van der Waals surface area contributed by atoms with Gasteiger partial charge in [-0.3, -0.25) is 0 Å². The van der Waals surface area contributed by atoms with E-state index in [0.717, 1.165) is 12.3 Å². The lowest BCUT2D eigenvalue weighted by atomic mass is 10.1. The molecule has 0 atom stereocenters. The van der Waals surface area contributed by atoms with Crippen LogP contribution in [-0.4, -0.2) is 4.98 Å². The summed E-state index contributed by atoms with van der Waals surface area (Å²) in [5, 5.41) is -0.00596. The smallest absolute Gasteiger partial charge is 0.417 e. The van der Waals surface area contributed by atoms with Crippen LogP contribution < -0.4 is 5.73 Å². The number of oxazole rings is 1. The van der Waals surface area contributed by atoms with Crippen LogP contribution in [0.25, 0.3) is 11.3 Å². The summed E-state index contributed by atoms with van der Waals surface area (Å²) < 4.78 is 43.2. The first-order valence-electron chi connectivity index (χ1n) is 4.46. The van der Waals surface area contributed by atoms with Crippen LogP contribution in [0.3, 0.4) is 0 Å². The van der Waals surface area contributed by atoms with Crippen molar-refractivity contribution in [3.05, 3.63) is 35.0 Å². The Kier molecular flexibility index (Phi) is 2.74. The summed E-state index contributed by atoms with van der Waals surface area (Å²) >= 11 is 5.54. The first kappa shape index (κ1) is 11.8. The molecule has 90 valence electrons. The van der Waals surface area contributed by atoms with E-state index in [4.69, 9.17) is 21.8 Å². The Hall–Kier alpha value is -1.69. The van der Waals surface area contributed by atoms with Crippen LogP contribution in [-0.2, 0) is 6.18 Å². The summed E-state index contributed by atoms with van der Waals surface area (Å²) in [5.74, 6) is -0.0495. The highest BCUT2D eigenvalue weighted by Gasteiger charge is 2.34. The molecule has 3 nitrogen and oxygen atoms in total. The molecule has 1 aromatic heterocycles. The molecule has 0 saturated heterocycles. The van der Waals surface area contributed by atoms with Crippen LogP contribution in [0.4, 0.5) is 19.2 Å². The molecule has 2 rings (SSSR count). The van der Waals surface area contributed by atoms with Crippen LogP contribution in [0.1, 0.15) is 5.56 Å². The van der Waals surface area contributed by atoms with Crippen molar-refractivity contribution in [3.8, 4) is 11.3 Å². The van der Waals surface area contributed by atoms with Crippen molar-refractivity contribution in [3.63, 3.8) is 0 Å². The fraction of sp³-hybridized carbons (Fsp3) is 0.100. The van der Waals surface area contributed by atoms with Crippen molar-refractivity contribution < 1.29 is 17.6 Å². The standard InChI is InChI=1S/C10H6ClF3N2O/c11-5-1-2-6(7(3-5)10(12,13)14)8-4-16-9(15)17-8/h1-4H,(H2,15,16). The second kappa shape index (κ2) is 3.96. The average molecular weight is 263 g/mol. The molecule has 0 aliphatic rings. The quantitative estimate of drug-likeness (QED) is 0.854. The average Bonchev–Trinajstić information content (AvgIpc) is 2.63. The van der Waals surface area contributed by atoms with Gasteiger partial charge in [-0.15, -0.1) is 0 Å². The molecule has 0 aliphatic carbocycles. The van der Waals surface area contributed by atoms with Crippen LogP contribution >= 0.6 is 11.6 Å². The van der Waals surface area contributed by atoms with Crippen molar-refractivity contribution in [2.45, 2.75) is 6.18 Å². The second-order valence-electron chi connectivity index (χ2n) is 3.25. The molecule has 0 saturated carbocycles. The molecular formula is C10H6ClF3N2O. The molecule has 17 heavy (non-hydrogen) atoms. The summed E-state index contributed by atoms with van der Waals surface area (Å²) in [4.78, 5) is 3.55. The van der Waals surface area contributed by atoms with Crippen molar-refractivity contribution >= 4 is 17.6 Å². The second-order valence-corrected chi connectivity index (χ2v) is 3.69. The van der Waals surface area contributed by atoms with E-state index in [1.807, 2.05) is 0 Å². The fourth-order valence-electron chi connectivity index (χ4n) is 1.38. The summed E-state index contributed by atoms with van der Waals surface area (Å²) in [7, 11) is 0. The third-order valence-electron chi connectivity index (χ3n) is 2.08. The van der Waals surface area contributed by atoms with Gasteiger partial charge in [0, 0.05) is 10.6 Å². The van der Waals surface area contributed by atoms with Crippen molar-refractivity contribution in [2.24, 2.45) is 0 Å². The van der Waals surface area contributed by atoms with E-state index < -0.39 is 11.7 Å². The van der Waals surface area contributed by atoms with Crippen molar-refractivity contribution in [2.75, 3.05) is 5.73 Å². The first-order chi connectivity index (χ1) is 7.88. The van der Waals surface area contributed by atoms with Gasteiger partial charge in [-0.1, -0.05) is 11.6 Å². The van der Waals surface area contributed by atoms with E-state index in [0.29, 0.717) is 0 Å². The van der Waals surface area contributed by atoms with Gasteiger partial charge in [-0.2, -0.15) is 13.2 Å². The predicted molar refractivity (Wildman–Crippen MR) is 56.4 cm³/mol. The first-order valence-corrected chi connectivity index (χ1v) is 4.84. The summed E-state index contributed by atoms with van der Waals surface area (Å²) in [6.07, 6.45) is -3.39. The number of nitrogen functional groups attached to an aromatic ring is 1. The lowest BCUT2D eigenvalue weighted by Gasteiger charge is -2.11. The number of anilines is 1. The minimum absolute atomic E-state index is 0.00596. The highest BCUT2D eigenvalue weighted by atomic mass is 35.5. The van der Waals surface area contributed by atoms with Crippen molar-refractivity contribution in [1.82, 2.24) is 4.98 Å². The van der Waals surface area contributed by atoms with Crippen LogP contribution in [0.15, 0.2) is 28.8 Å².